The van der Waals surface area contributed by atoms with Gasteiger partial charge < -0.3 is 10.1 Å². The first-order valence-corrected chi connectivity index (χ1v) is 9.15. The summed E-state index contributed by atoms with van der Waals surface area (Å²) in [6.45, 7) is 3.44. The van der Waals surface area contributed by atoms with Gasteiger partial charge in [0, 0.05) is 17.7 Å². The molecule has 0 aliphatic heterocycles. The largest absolute Gasteiger partial charge is 0.451 e. The van der Waals surface area contributed by atoms with Crippen molar-refractivity contribution in [3.05, 3.63) is 59.0 Å². The fraction of sp³-hybridized carbons (Fsp3) is 0.300. The number of ether oxygens (including phenoxy) is 1. The van der Waals surface area contributed by atoms with Crippen LogP contribution in [0.25, 0.3) is 5.69 Å². The van der Waals surface area contributed by atoms with Gasteiger partial charge >= 0.3 is 5.97 Å². The monoisotopic (exact) mass is 379 g/mol. The highest BCUT2D eigenvalue weighted by atomic mass is 16.5. The Morgan fingerprint density at radius 3 is 2.68 bits per heavy atom. The molecule has 2 N–H and O–H groups in total. The van der Waals surface area contributed by atoms with Crippen LogP contribution in [0.1, 0.15) is 46.2 Å². The Morgan fingerprint density at radius 2 is 1.96 bits per heavy atom. The summed E-state index contributed by atoms with van der Waals surface area (Å²) >= 11 is 0. The number of aromatic amines is 1. The van der Waals surface area contributed by atoms with Crippen molar-refractivity contribution in [2.45, 2.75) is 32.6 Å². The van der Waals surface area contributed by atoms with Gasteiger partial charge in [-0.1, -0.05) is 17.7 Å². The summed E-state index contributed by atoms with van der Waals surface area (Å²) in [5.74, 6) is -0.0954. The van der Waals surface area contributed by atoms with Crippen LogP contribution in [0.4, 0.5) is 5.82 Å². The number of aromatic nitrogens is 4. The second-order valence-electron chi connectivity index (χ2n) is 7.03. The molecular weight excluding hydrogens is 358 g/mol. The van der Waals surface area contributed by atoms with Gasteiger partial charge in [0.05, 0.1) is 11.4 Å². The van der Waals surface area contributed by atoms with Crippen molar-refractivity contribution < 1.29 is 14.3 Å². The summed E-state index contributed by atoms with van der Waals surface area (Å²) in [7, 11) is 0. The normalized spacial score (nSPS) is 13.4. The highest BCUT2D eigenvalue weighted by Gasteiger charge is 2.27. The van der Waals surface area contributed by atoms with E-state index in [1.54, 1.807) is 16.8 Å². The molecule has 8 heteroatoms. The topological polar surface area (TPSA) is 102 Å². The summed E-state index contributed by atoms with van der Waals surface area (Å²) in [5, 5.41) is 14.0. The molecule has 1 saturated carbocycles. The van der Waals surface area contributed by atoms with Gasteiger partial charge in [-0.2, -0.15) is 10.2 Å². The quantitative estimate of drug-likeness (QED) is 0.641. The summed E-state index contributed by atoms with van der Waals surface area (Å²) in [4.78, 5) is 24.3. The number of nitrogens with one attached hydrogen (secondary N) is 2. The molecule has 0 spiro atoms. The van der Waals surface area contributed by atoms with E-state index in [-0.39, 0.29) is 5.69 Å². The maximum atomic E-state index is 12.3. The smallest absolute Gasteiger partial charge is 0.359 e. The zero-order valence-corrected chi connectivity index (χ0v) is 15.7. The lowest BCUT2D eigenvalue weighted by Crippen LogP contribution is -2.22. The highest BCUT2D eigenvalue weighted by molar-refractivity contribution is 5.94. The average Bonchev–Trinajstić information content (AvgIpc) is 3.29. The number of anilines is 1. The van der Waals surface area contributed by atoms with E-state index >= 15 is 0 Å². The minimum Gasteiger partial charge on any atom is -0.451 e. The molecule has 1 amide bonds. The number of hydrogen-bond donors (Lipinski definition) is 2. The number of hydrogen-bond acceptors (Lipinski definition) is 5. The van der Waals surface area contributed by atoms with Gasteiger partial charge in [0.15, 0.2) is 12.3 Å². The molecule has 28 heavy (non-hydrogen) atoms. The third kappa shape index (κ3) is 3.95. The summed E-state index contributed by atoms with van der Waals surface area (Å²) in [5.41, 5.74) is 3.85. The standard InChI is InChI=1S/C20H21N5O3/c1-12-3-7-15(8-4-12)25-18(9-13(2)24-25)21-19(26)11-28-20(27)17-10-16(22-23-17)14-5-6-14/h3-4,7-10,14H,5-6,11H2,1-2H3,(H,21,26)(H,22,23). The molecule has 8 nitrogen and oxygen atoms in total. The number of H-pyrrole nitrogens is 1. The summed E-state index contributed by atoms with van der Waals surface area (Å²) in [6, 6.07) is 11.2. The Morgan fingerprint density at radius 1 is 1.21 bits per heavy atom. The van der Waals surface area contributed by atoms with Gasteiger partial charge in [-0.3, -0.25) is 9.89 Å². The van der Waals surface area contributed by atoms with Crippen LogP contribution in [0, 0.1) is 13.8 Å². The van der Waals surface area contributed by atoms with Gasteiger partial charge in [0.25, 0.3) is 5.91 Å². The molecule has 1 fully saturated rings. The van der Waals surface area contributed by atoms with Crippen LogP contribution in [0.15, 0.2) is 36.4 Å². The van der Waals surface area contributed by atoms with Crippen LogP contribution in [-0.2, 0) is 9.53 Å². The average molecular weight is 379 g/mol. The van der Waals surface area contributed by atoms with E-state index in [0.717, 1.165) is 35.5 Å². The maximum absolute atomic E-state index is 12.3. The third-order valence-electron chi connectivity index (χ3n) is 4.54. The third-order valence-corrected chi connectivity index (χ3v) is 4.54. The zero-order valence-electron chi connectivity index (χ0n) is 15.7. The Kier molecular flexibility index (Phi) is 4.68. The van der Waals surface area contributed by atoms with E-state index in [9.17, 15) is 9.59 Å². The molecule has 0 bridgehead atoms. The fourth-order valence-corrected chi connectivity index (χ4v) is 2.90. The second-order valence-corrected chi connectivity index (χ2v) is 7.03. The molecular formula is C20H21N5O3. The number of benzene rings is 1. The first-order valence-electron chi connectivity index (χ1n) is 9.15. The summed E-state index contributed by atoms with van der Waals surface area (Å²) < 4.78 is 6.72. The Hall–Kier alpha value is -3.42. The van der Waals surface area contributed by atoms with Crippen molar-refractivity contribution in [3.8, 4) is 5.69 Å². The lowest BCUT2D eigenvalue weighted by molar-refractivity contribution is -0.119. The van der Waals surface area contributed by atoms with E-state index in [2.05, 4.69) is 20.6 Å². The molecule has 1 aliphatic rings. The predicted octanol–water partition coefficient (Wildman–Crippen LogP) is 2.89. The van der Waals surface area contributed by atoms with Crippen molar-refractivity contribution in [2.75, 3.05) is 11.9 Å². The van der Waals surface area contributed by atoms with Crippen LogP contribution in [0.2, 0.25) is 0 Å². The van der Waals surface area contributed by atoms with Crippen LogP contribution in [-0.4, -0.2) is 38.5 Å². The molecule has 2 aromatic heterocycles. The molecule has 3 aromatic rings. The number of nitrogens with zero attached hydrogens (tertiary/aromatic N) is 3. The molecule has 1 aliphatic carbocycles. The minimum atomic E-state index is -0.624. The Labute approximate surface area is 161 Å². The van der Waals surface area contributed by atoms with E-state index in [1.807, 2.05) is 38.1 Å². The molecule has 0 radical (unpaired) electrons. The molecule has 0 saturated heterocycles. The van der Waals surface area contributed by atoms with Gasteiger partial charge in [-0.15, -0.1) is 0 Å². The van der Waals surface area contributed by atoms with Crippen molar-refractivity contribution in [2.24, 2.45) is 0 Å². The maximum Gasteiger partial charge on any atom is 0.359 e. The molecule has 2 heterocycles. The SMILES string of the molecule is Cc1ccc(-n2nc(C)cc2NC(=O)COC(=O)c2cc(C3CC3)[nH]n2)cc1. The second kappa shape index (κ2) is 7.30. The van der Waals surface area contributed by atoms with Crippen molar-refractivity contribution >= 4 is 17.7 Å². The van der Waals surface area contributed by atoms with Crippen LogP contribution in [0.5, 0.6) is 0 Å². The van der Waals surface area contributed by atoms with E-state index in [1.165, 1.54) is 0 Å². The number of amides is 1. The Balaban J connectivity index is 1.38. The lowest BCUT2D eigenvalue weighted by Gasteiger charge is -2.09. The summed E-state index contributed by atoms with van der Waals surface area (Å²) in [6.07, 6.45) is 2.21. The Bertz CT molecular complexity index is 1010. The molecule has 0 atom stereocenters. The first-order chi connectivity index (χ1) is 13.5. The molecule has 144 valence electrons. The first kappa shape index (κ1) is 18.0. The minimum absolute atomic E-state index is 0.190. The van der Waals surface area contributed by atoms with Gasteiger partial charge in [0.1, 0.15) is 5.82 Å². The van der Waals surface area contributed by atoms with Gasteiger partial charge in [0.2, 0.25) is 0 Å². The highest BCUT2D eigenvalue weighted by Crippen LogP contribution is 2.39. The molecule has 1 aromatic carbocycles. The van der Waals surface area contributed by atoms with Crippen molar-refractivity contribution in [1.29, 1.82) is 0 Å². The lowest BCUT2D eigenvalue weighted by atomic mass is 10.2. The number of carbonyl (C=O) groups excluding carboxylic acids is 2. The predicted molar refractivity (Wildman–Crippen MR) is 103 cm³/mol. The zero-order chi connectivity index (χ0) is 19.7. The van der Waals surface area contributed by atoms with Crippen LogP contribution in [0.3, 0.4) is 0 Å². The van der Waals surface area contributed by atoms with E-state index in [4.69, 9.17) is 4.74 Å². The van der Waals surface area contributed by atoms with Gasteiger partial charge in [-0.05, 0) is 44.9 Å². The number of aryl methyl sites for hydroxylation is 2. The van der Waals surface area contributed by atoms with Crippen LogP contribution < -0.4 is 5.32 Å². The fourth-order valence-electron chi connectivity index (χ4n) is 2.90. The van der Waals surface area contributed by atoms with Gasteiger partial charge in [-0.25, -0.2) is 9.48 Å². The number of esters is 1. The van der Waals surface area contributed by atoms with E-state index < -0.39 is 18.5 Å². The molecule has 0 unspecified atom stereocenters. The van der Waals surface area contributed by atoms with E-state index in [0.29, 0.717) is 11.7 Å². The molecule has 4 rings (SSSR count). The van der Waals surface area contributed by atoms with Crippen LogP contribution >= 0.6 is 0 Å². The number of rotatable bonds is 6. The van der Waals surface area contributed by atoms with Crippen molar-refractivity contribution in [1.82, 2.24) is 20.0 Å². The number of carbonyl (C=O) groups is 2. The van der Waals surface area contributed by atoms with Crippen molar-refractivity contribution in [3.63, 3.8) is 0 Å².